The number of aliphatic hydroxyl groups is 1. The van der Waals surface area contributed by atoms with Crippen LogP contribution in [-0.4, -0.2) is 38.2 Å². The second kappa shape index (κ2) is 13.9. The molecule has 1 aromatic heterocycles. The SMILES string of the molecule is COc1cc([C@@H](O)[C@@H](CC2Cc3ccccc3C2)Cn2ccc(CCC(=O)NS(=O)(=O)c3ccccc3F)c2)cc(OC)c1C. The Balaban J connectivity index is 1.29. The second-order valence-corrected chi connectivity index (χ2v) is 13.4. The quantitative estimate of drug-likeness (QED) is 0.200. The van der Waals surface area contributed by atoms with Gasteiger partial charge in [-0.15, -0.1) is 0 Å². The fourth-order valence-electron chi connectivity index (χ4n) is 6.30. The predicted molar refractivity (Wildman–Crippen MR) is 169 cm³/mol. The normalized spacial score (nSPS) is 14.5. The first kappa shape index (κ1) is 32.2. The number of nitrogens with one attached hydrogen (secondary N) is 1. The van der Waals surface area contributed by atoms with Crippen molar-refractivity contribution < 1.29 is 32.2 Å². The molecule has 0 fully saturated rings. The molecule has 2 atom stereocenters. The highest BCUT2D eigenvalue weighted by Gasteiger charge is 2.30. The topological polar surface area (TPSA) is 107 Å². The summed E-state index contributed by atoms with van der Waals surface area (Å²) in [6.45, 7) is 2.44. The lowest BCUT2D eigenvalue weighted by Gasteiger charge is -2.27. The van der Waals surface area contributed by atoms with Crippen molar-refractivity contribution in [3.8, 4) is 11.5 Å². The largest absolute Gasteiger partial charge is 0.496 e. The monoisotopic (exact) mass is 634 g/mol. The van der Waals surface area contributed by atoms with Crippen molar-refractivity contribution in [3.05, 3.63) is 113 Å². The van der Waals surface area contributed by atoms with E-state index in [-0.39, 0.29) is 12.3 Å². The zero-order chi connectivity index (χ0) is 32.1. The number of sulfonamides is 1. The highest BCUT2D eigenvalue weighted by atomic mass is 32.2. The standard InChI is InChI=1S/C35H39FN2O6S/c1-23-31(43-2)19-28(20-32(23)44-3)35(40)29(18-25-16-26-8-4-5-9-27(26)17-25)22-38-15-14-24(21-38)12-13-34(39)37-45(41,42)33-11-7-6-10-30(33)36/h4-11,14-15,19-21,25,29,35,40H,12-13,16-18,22H2,1-3H3,(H,37,39)/t29-,35+/m0/s1. The van der Waals surface area contributed by atoms with Crippen LogP contribution in [0, 0.1) is 24.6 Å². The summed E-state index contributed by atoms with van der Waals surface area (Å²) >= 11 is 0. The molecular formula is C35H39FN2O6S. The maximum Gasteiger partial charge on any atom is 0.266 e. The Hall–Kier alpha value is -4.15. The zero-order valence-electron chi connectivity index (χ0n) is 25.7. The van der Waals surface area contributed by atoms with Gasteiger partial charge in [-0.25, -0.2) is 17.5 Å². The maximum atomic E-state index is 14.0. The average molecular weight is 635 g/mol. The van der Waals surface area contributed by atoms with Gasteiger partial charge in [0.15, 0.2) is 0 Å². The Labute approximate surface area is 263 Å². The minimum atomic E-state index is -4.31. The number of aromatic nitrogens is 1. The fourth-order valence-corrected chi connectivity index (χ4v) is 7.39. The first-order valence-electron chi connectivity index (χ1n) is 15.0. The molecule has 0 radical (unpaired) electrons. The number of hydrogen-bond donors (Lipinski definition) is 2. The first-order valence-corrected chi connectivity index (χ1v) is 16.5. The molecule has 0 aliphatic heterocycles. The number of nitrogens with zero attached hydrogens (tertiary/aromatic N) is 1. The summed E-state index contributed by atoms with van der Waals surface area (Å²) in [5, 5.41) is 11.8. The molecule has 0 saturated carbocycles. The molecule has 238 valence electrons. The molecule has 2 N–H and O–H groups in total. The van der Waals surface area contributed by atoms with E-state index >= 15 is 0 Å². The van der Waals surface area contributed by atoms with E-state index in [0.717, 1.165) is 48.1 Å². The third kappa shape index (κ3) is 7.57. The molecular weight excluding hydrogens is 595 g/mol. The van der Waals surface area contributed by atoms with Crippen LogP contribution in [-0.2, 0) is 40.6 Å². The molecule has 0 bridgehead atoms. The third-order valence-electron chi connectivity index (χ3n) is 8.61. The number of benzene rings is 3. The van der Waals surface area contributed by atoms with Crippen molar-refractivity contribution in [2.45, 2.75) is 56.6 Å². The second-order valence-electron chi connectivity index (χ2n) is 11.7. The predicted octanol–water partition coefficient (Wildman–Crippen LogP) is 5.55. The molecule has 1 aliphatic rings. The zero-order valence-corrected chi connectivity index (χ0v) is 26.5. The number of aliphatic hydroxyl groups excluding tert-OH is 1. The Morgan fingerprint density at radius 2 is 1.64 bits per heavy atom. The summed E-state index contributed by atoms with van der Waals surface area (Å²) < 4.78 is 54.1. The van der Waals surface area contributed by atoms with E-state index in [9.17, 15) is 22.7 Å². The van der Waals surface area contributed by atoms with Crippen LogP contribution in [0.3, 0.4) is 0 Å². The van der Waals surface area contributed by atoms with Crippen LogP contribution in [0.1, 0.15) is 46.8 Å². The molecule has 0 spiro atoms. The van der Waals surface area contributed by atoms with Crippen LogP contribution in [0.25, 0.3) is 0 Å². The van der Waals surface area contributed by atoms with E-state index < -0.39 is 32.7 Å². The number of carbonyl (C=O) groups excluding carboxylic acids is 1. The molecule has 5 rings (SSSR count). The smallest absolute Gasteiger partial charge is 0.266 e. The molecule has 1 amide bonds. The number of hydrogen-bond acceptors (Lipinski definition) is 6. The van der Waals surface area contributed by atoms with Crippen molar-refractivity contribution in [2.75, 3.05) is 14.2 Å². The first-order chi connectivity index (χ1) is 21.6. The van der Waals surface area contributed by atoms with Crippen molar-refractivity contribution in [2.24, 2.45) is 11.8 Å². The number of fused-ring (bicyclic) bond motifs is 1. The minimum absolute atomic E-state index is 0.0902. The van der Waals surface area contributed by atoms with Crippen LogP contribution < -0.4 is 14.2 Å². The van der Waals surface area contributed by atoms with Crippen molar-refractivity contribution in [1.82, 2.24) is 9.29 Å². The van der Waals surface area contributed by atoms with Gasteiger partial charge < -0.3 is 19.1 Å². The summed E-state index contributed by atoms with van der Waals surface area (Å²) in [6, 6.07) is 19.0. The van der Waals surface area contributed by atoms with Gasteiger partial charge >= 0.3 is 0 Å². The Morgan fingerprint density at radius 1 is 1.02 bits per heavy atom. The third-order valence-corrected chi connectivity index (χ3v) is 10.0. The summed E-state index contributed by atoms with van der Waals surface area (Å²) in [5.74, 6) is -0.108. The summed E-state index contributed by atoms with van der Waals surface area (Å²) in [5.41, 5.74) is 5.13. The van der Waals surface area contributed by atoms with Crippen LogP contribution >= 0.6 is 0 Å². The van der Waals surface area contributed by atoms with Gasteiger partial charge in [-0.3, -0.25) is 4.79 Å². The summed E-state index contributed by atoms with van der Waals surface area (Å²) in [7, 11) is -1.11. The molecule has 0 saturated heterocycles. The number of ether oxygens (including phenoxy) is 2. The van der Waals surface area contributed by atoms with Crippen LogP contribution in [0.2, 0.25) is 0 Å². The molecule has 1 aliphatic carbocycles. The van der Waals surface area contributed by atoms with Crippen LogP contribution in [0.5, 0.6) is 11.5 Å². The van der Waals surface area contributed by atoms with Crippen LogP contribution in [0.15, 0.2) is 84.0 Å². The van der Waals surface area contributed by atoms with Gasteiger partial charge in [0.2, 0.25) is 5.91 Å². The minimum Gasteiger partial charge on any atom is -0.496 e. The van der Waals surface area contributed by atoms with Gasteiger partial charge in [-0.1, -0.05) is 36.4 Å². The van der Waals surface area contributed by atoms with Gasteiger partial charge in [0.05, 0.1) is 20.3 Å². The van der Waals surface area contributed by atoms with E-state index in [1.165, 1.54) is 23.3 Å². The van der Waals surface area contributed by atoms with Crippen molar-refractivity contribution >= 4 is 15.9 Å². The van der Waals surface area contributed by atoms with E-state index in [4.69, 9.17) is 9.47 Å². The number of rotatable bonds is 13. The van der Waals surface area contributed by atoms with Crippen molar-refractivity contribution in [1.29, 1.82) is 0 Å². The fraction of sp³-hybridized carbons (Fsp3) is 0.343. The molecule has 4 aromatic rings. The number of amides is 1. The molecule has 45 heavy (non-hydrogen) atoms. The molecule has 8 nitrogen and oxygen atoms in total. The molecule has 1 heterocycles. The Morgan fingerprint density at radius 3 is 2.27 bits per heavy atom. The highest BCUT2D eigenvalue weighted by molar-refractivity contribution is 7.90. The maximum absolute atomic E-state index is 14.0. The molecule has 3 aromatic carbocycles. The van der Waals surface area contributed by atoms with Gasteiger partial charge in [0, 0.05) is 36.8 Å². The van der Waals surface area contributed by atoms with E-state index in [2.05, 4.69) is 24.3 Å². The lowest BCUT2D eigenvalue weighted by Crippen LogP contribution is -2.31. The number of methoxy groups -OCH3 is 2. The van der Waals surface area contributed by atoms with Gasteiger partial charge in [-0.2, -0.15) is 0 Å². The summed E-state index contributed by atoms with van der Waals surface area (Å²) in [6.07, 6.45) is 5.94. The van der Waals surface area contributed by atoms with Gasteiger partial charge in [0.25, 0.3) is 10.0 Å². The lowest BCUT2D eigenvalue weighted by atomic mass is 9.85. The lowest BCUT2D eigenvalue weighted by molar-refractivity contribution is -0.119. The number of halogens is 1. The van der Waals surface area contributed by atoms with Gasteiger partial charge in [0.1, 0.15) is 22.2 Å². The van der Waals surface area contributed by atoms with E-state index in [0.29, 0.717) is 30.4 Å². The Kier molecular flexibility index (Phi) is 9.94. The van der Waals surface area contributed by atoms with Crippen LogP contribution in [0.4, 0.5) is 4.39 Å². The van der Waals surface area contributed by atoms with Crippen molar-refractivity contribution in [3.63, 3.8) is 0 Å². The summed E-state index contributed by atoms with van der Waals surface area (Å²) in [4.78, 5) is 11.9. The number of carbonyl (C=O) groups is 1. The number of aryl methyl sites for hydroxylation is 1. The van der Waals surface area contributed by atoms with E-state index in [1.807, 2.05) is 46.8 Å². The average Bonchev–Trinajstić information content (AvgIpc) is 3.65. The highest BCUT2D eigenvalue weighted by Crippen LogP contribution is 2.39. The van der Waals surface area contributed by atoms with Gasteiger partial charge in [-0.05, 0) is 91.1 Å². The molecule has 10 heteroatoms. The molecule has 0 unspecified atom stereocenters. The Bertz CT molecular complexity index is 1720. The van der Waals surface area contributed by atoms with E-state index in [1.54, 1.807) is 14.2 Å².